The van der Waals surface area contributed by atoms with Gasteiger partial charge in [0.15, 0.2) is 0 Å². The van der Waals surface area contributed by atoms with E-state index in [-0.39, 0.29) is 24.5 Å². The van der Waals surface area contributed by atoms with E-state index in [1.807, 2.05) is 16.9 Å². The molecule has 3 fully saturated rings. The van der Waals surface area contributed by atoms with Crippen LogP contribution >= 0.6 is 0 Å². The van der Waals surface area contributed by atoms with Crippen molar-refractivity contribution in [1.82, 2.24) is 9.78 Å². The third-order valence-corrected chi connectivity index (χ3v) is 6.13. The topological polar surface area (TPSA) is 45.5 Å². The van der Waals surface area contributed by atoms with Crippen molar-refractivity contribution < 1.29 is 14.0 Å². The molecule has 3 aliphatic rings. The minimum Gasteiger partial charge on any atom is -0.398 e. The van der Waals surface area contributed by atoms with Gasteiger partial charge in [0.1, 0.15) is 6.23 Å². The monoisotopic (exact) mass is 304 g/mol. The quantitative estimate of drug-likeness (QED) is 0.786. The molecule has 1 aromatic heterocycles. The molecule has 0 bridgehead atoms. The summed E-state index contributed by atoms with van der Waals surface area (Å²) in [5, 5.41) is 4.47. The summed E-state index contributed by atoms with van der Waals surface area (Å²) in [7, 11) is -0.342. The summed E-state index contributed by atoms with van der Waals surface area (Å²) in [4.78, 5) is 0. The molecule has 1 aromatic rings. The number of aromatic nitrogens is 2. The van der Waals surface area contributed by atoms with Crippen molar-refractivity contribution >= 4 is 12.7 Å². The highest BCUT2D eigenvalue weighted by Gasteiger charge is 2.63. The Bertz CT molecular complexity index is 559. The fourth-order valence-corrected chi connectivity index (χ4v) is 4.23. The van der Waals surface area contributed by atoms with Crippen LogP contribution in [0.1, 0.15) is 59.1 Å². The van der Waals surface area contributed by atoms with E-state index in [2.05, 4.69) is 25.9 Å². The molecule has 0 spiro atoms. The second kappa shape index (κ2) is 5.08. The number of rotatable bonds is 2. The molecular weight excluding hydrogens is 279 g/mol. The minimum atomic E-state index is -0.342. The van der Waals surface area contributed by atoms with Gasteiger partial charge in [-0.1, -0.05) is 6.92 Å². The lowest BCUT2D eigenvalue weighted by molar-refractivity contribution is -0.0380. The van der Waals surface area contributed by atoms with E-state index >= 15 is 0 Å². The molecule has 2 saturated heterocycles. The van der Waals surface area contributed by atoms with Crippen molar-refractivity contribution in [2.75, 3.05) is 6.61 Å². The molecule has 1 aliphatic carbocycles. The molecule has 6 heteroatoms. The minimum absolute atomic E-state index is 0.0180. The fraction of sp³-hybridized carbons (Fsp3) is 0.812. The van der Waals surface area contributed by atoms with Gasteiger partial charge in [-0.3, -0.25) is 0 Å². The highest BCUT2D eigenvalue weighted by molar-refractivity contribution is 6.61. The highest BCUT2D eigenvalue weighted by Crippen LogP contribution is 2.52. The van der Waals surface area contributed by atoms with Crippen LogP contribution in [0.2, 0.25) is 0 Å². The summed E-state index contributed by atoms with van der Waals surface area (Å²) in [5.41, 5.74) is 0.552. The predicted octanol–water partition coefficient (Wildman–Crippen LogP) is 2.27. The normalized spacial score (nSPS) is 41.9. The Morgan fingerprint density at radius 1 is 1.27 bits per heavy atom. The van der Waals surface area contributed by atoms with Crippen molar-refractivity contribution in [2.24, 2.45) is 5.92 Å². The maximum Gasteiger partial charge on any atom is 0.514 e. The Morgan fingerprint density at radius 2 is 2.14 bits per heavy atom. The van der Waals surface area contributed by atoms with E-state index in [0.29, 0.717) is 5.92 Å². The molecular formula is C16H25BN2O3. The summed E-state index contributed by atoms with van der Waals surface area (Å²) in [6, 6.07) is 2.00. The summed E-state index contributed by atoms with van der Waals surface area (Å²) in [5.74, 6) is 0.504. The summed E-state index contributed by atoms with van der Waals surface area (Å²) in [6.07, 6.45) is 7.37. The molecule has 4 rings (SSSR count). The maximum absolute atomic E-state index is 6.43. The second-order valence-corrected chi connectivity index (χ2v) is 7.37. The average Bonchev–Trinajstić information content (AvgIpc) is 3.15. The first-order valence-corrected chi connectivity index (χ1v) is 8.54. The number of hydrogen-bond acceptors (Lipinski definition) is 4. The Balaban J connectivity index is 1.61. The predicted molar refractivity (Wildman–Crippen MR) is 83.8 cm³/mol. The van der Waals surface area contributed by atoms with Crippen LogP contribution in [0.15, 0.2) is 12.3 Å². The molecule has 1 saturated carbocycles. The van der Waals surface area contributed by atoms with Crippen LogP contribution < -0.4 is 5.59 Å². The van der Waals surface area contributed by atoms with Crippen molar-refractivity contribution in [3.63, 3.8) is 0 Å². The lowest BCUT2D eigenvalue weighted by atomic mass is 9.83. The van der Waals surface area contributed by atoms with Crippen molar-refractivity contribution in [3.8, 4) is 0 Å². The molecule has 120 valence electrons. The number of ether oxygens (including phenoxy) is 1. The summed E-state index contributed by atoms with van der Waals surface area (Å²) in [6.45, 7) is 7.46. The van der Waals surface area contributed by atoms with Gasteiger partial charge in [0.05, 0.1) is 16.8 Å². The third kappa shape index (κ3) is 2.00. The number of hydrogen-bond donors (Lipinski definition) is 0. The van der Waals surface area contributed by atoms with Crippen LogP contribution in [0.25, 0.3) is 0 Å². The molecule has 22 heavy (non-hydrogen) atoms. The second-order valence-electron chi connectivity index (χ2n) is 7.37. The van der Waals surface area contributed by atoms with E-state index in [9.17, 15) is 0 Å². The molecule has 0 N–H and O–H groups in total. The van der Waals surface area contributed by atoms with Gasteiger partial charge in [-0.25, -0.2) is 4.68 Å². The SMILES string of the molecule is CC1CCC2(C)OB(c3ccnn3C3CCCCO3)OC12C. The Kier molecular flexibility index (Phi) is 3.40. The summed E-state index contributed by atoms with van der Waals surface area (Å²) < 4.78 is 20.6. The molecule has 2 aliphatic heterocycles. The molecule has 4 atom stereocenters. The fourth-order valence-electron chi connectivity index (χ4n) is 4.23. The zero-order valence-corrected chi connectivity index (χ0v) is 13.7. The van der Waals surface area contributed by atoms with Crippen LogP contribution in [0.4, 0.5) is 0 Å². The first kappa shape index (κ1) is 14.7. The van der Waals surface area contributed by atoms with Gasteiger partial charge < -0.3 is 14.0 Å². The Hall–Kier alpha value is -0.845. The molecule has 0 aromatic carbocycles. The lowest BCUT2D eigenvalue weighted by Gasteiger charge is -2.35. The van der Waals surface area contributed by atoms with E-state index in [0.717, 1.165) is 37.9 Å². The zero-order chi connectivity index (χ0) is 15.4. The smallest absolute Gasteiger partial charge is 0.398 e. The standard InChI is InChI=1S/C16H25BN2O3/c1-12-7-9-15(2)16(12,3)22-17(21-15)13-8-10-18-19(13)14-6-4-5-11-20-14/h8,10,12,14H,4-7,9,11H2,1-3H3. The van der Waals surface area contributed by atoms with Crippen molar-refractivity contribution in [2.45, 2.75) is 70.3 Å². The largest absolute Gasteiger partial charge is 0.514 e. The molecule has 0 radical (unpaired) electrons. The Morgan fingerprint density at radius 3 is 2.86 bits per heavy atom. The molecule has 5 nitrogen and oxygen atoms in total. The van der Waals surface area contributed by atoms with Crippen LogP contribution in [0.5, 0.6) is 0 Å². The van der Waals surface area contributed by atoms with E-state index in [4.69, 9.17) is 14.0 Å². The average molecular weight is 304 g/mol. The summed E-state index contributed by atoms with van der Waals surface area (Å²) >= 11 is 0. The van der Waals surface area contributed by atoms with Gasteiger partial charge in [0.25, 0.3) is 0 Å². The van der Waals surface area contributed by atoms with Crippen molar-refractivity contribution in [3.05, 3.63) is 12.3 Å². The first-order chi connectivity index (χ1) is 10.5. The van der Waals surface area contributed by atoms with Crippen LogP contribution in [-0.4, -0.2) is 34.7 Å². The molecule has 4 unspecified atom stereocenters. The van der Waals surface area contributed by atoms with Gasteiger partial charge in [0.2, 0.25) is 0 Å². The number of fused-ring (bicyclic) bond motifs is 1. The van der Waals surface area contributed by atoms with E-state index in [1.54, 1.807) is 0 Å². The first-order valence-electron chi connectivity index (χ1n) is 8.54. The third-order valence-electron chi connectivity index (χ3n) is 6.13. The zero-order valence-electron chi connectivity index (χ0n) is 13.7. The van der Waals surface area contributed by atoms with Gasteiger partial charge >= 0.3 is 7.12 Å². The van der Waals surface area contributed by atoms with E-state index in [1.165, 1.54) is 6.42 Å². The van der Waals surface area contributed by atoms with Gasteiger partial charge in [-0.05, 0) is 57.9 Å². The van der Waals surface area contributed by atoms with Crippen LogP contribution in [-0.2, 0) is 14.0 Å². The maximum atomic E-state index is 6.43. The van der Waals surface area contributed by atoms with Gasteiger partial charge in [-0.15, -0.1) is 0 Å². The lowest BCUT2D eigenvalue weighted by Crippen LogP contribution is -2.45. The van der Waals surface area contributed by atoms with Crippen LogP contribution in [0.3, 0.4) is 0 Å². The highest BCUT2D eigenvalue weighted by atomic mass is 16.7. The van der Waals surface area contributed by atoms with Crippen molar-refractivity contribution in [1.29, 1.82) is 0 Å². The van der Waals surface area contributed by atoms with Gasteiger partial charge in [-0.2, -0.15) is 5.10 Å². The molecule has 0 amide bonds. The van der Waals surface area contributed by atoms with Crippen LogP contribution in [0, 0.1) is 5.92 Å². The Labute approximate surface area is 132 Å². The van der Waals surface area contributed by atoms with E-state index < -0.39 is 0 Å². The molecule has 3 heterocycles. The number of nitrogens with zero attached hydrogens (tertiary/aromatic N) is 2. The van der Waals surface area contributed by atoms with Gasteiger partial charge in [0, 0.05) is 12.8 Å².